The van der Waals surface area contributed by atoms with E-state index in [1.807, 2.05) is 0 Å². The minimum absolute atomic E-state index is 0.0356. The molecule has 1 rings (SSSR count). The van der Waals surface area contributed by atoms with E-state index in [9.17, 15) is 24.8 Å². The fraction of sp³-hybridized carbons (Fsp3) is 0.455. The number of hydrogen-bond donors (Lipinski definition) is 1. The topological polar surface area (TPSA) is 117 Å². The third kappa shape index (κ3) is 9.24. The zero-order valence-electron chi connectivity index (χ0n) is 18.2. The van der Waals surface area contributed by atoms with Crippen LogP contribution in [0.25, 0.3) is 6.08 Å². The molecule has 0 aliphatic carbocycles. The molecule has 0 saturated carbocycles. The van der Waals surface area contributed by atoms with Crippen LogP contribution in [0.2, 0.25) is 0 Å². The van der Waals surface area contributed by atoms with Crippen LogP contribution in [0.4, 0.5) is 0 Å². The molecule has 0 aliphatic rings. The summed E-state index contributed by atoms with van der Waals surface area (Å²) in [4.78, 5) is 38.3. The van der Waals surface area contributed by atoms with E-state index in [4.69, 9.17) is 9.47 Å². The predicted molar refractivity (Wildman–Crippen MR) is 110 cm³/mol. The van der Waals surface area contributed by atoms with Crippen LogP contribution in [0.5, 0.6) is 5.75 Å². The number of benzene rings is 1. The molecule has 8 heteroatoms. The van der Waals surface area contributed by atoms with Gasteiger partial charge in [-0.3, -0.25) is 14.4 Å². The van der Waals surface area contributed by atoms with Crippen LogP contribution in [-0.4, -0.2) is 52.1 Å². The van der Waals surface area contributed by atoms with Gasteiger partial charge < -0.3 is 19.5 Å². The standard InChI is InChI=1S/C22H28N2O6/c1-21(2,3)29-18(26)13-24(14-19(27)30-22(4,5)6)20(28)16(12-23)11-15-7-9-17(25)10-8-15/h7-11,25H,13-14H2,1-6H3/b16-11+. The number of carbonyl (C=O) groups is 3. The average Bonchev–Trinajstić information content (AvgIpc) is 2.56. The molecule has 0 saturated heterocycles. The van der Waals surface area contributed by atoms with E-state index in [0.717, 1.165) is 4.90 Å². The molecule has 8 nitrogen and oxygen atoms in total. The molecule has 1 aromatic rings. The molecule has 0 heterocycles. The molecule has 1 amide bonds. The number of phenolic OH excluding ortho intramolecular Hbond substituents is 1. The van der Waals surface area contributed by atoms with Crippen molar-refractivity contribution in [1.82, 2.24) is 4.90 Å². The van der Waals surface area contributed by atoms with Gasteiger partial charge in [-0.25, -0.2) is 0 Å². The zero-order valence-corrected chi connectivity index (χ0v) is 18.2. The smallest absolute Gasteiger partial charge is 0.326 e. The number of aromatic hydroxyl groups is 1. The van der Waals surface area contributed by atoms with Crippen LogP contribution in [-0.2, 0) is 23.9 Å². The van der Waals surface area contributed by atoms with Crippen LogP contribution in [0.3, 0.4) is 0 Å². The number of esters is 2. The maximum Gasteiger partial charge on any atom is 0.326 e. The zero-order chi connectivity index (χ0) is 23.1. The van der Waals surface area contributed by atoms with Crippen molar-refractivity contribution < 1.29 is 29.0 Å². The fourth-order valence-corrected chi connectivity index (χ4v) is 2.31. The summed E-state index contributed by atoms with van der Waals surface area (Å²) in [6.07, 6.45) is 1.30. The van der Waals surface area contributed by atoms with E-state index in [-0.39, 0.29) is 11.3 Å². The molecule has 0 spiro atoms. The van der Waals surface area contributed by atoms with E-state index in [1.54, 1.807) is 47.6 Å². The van der Waals surface area contributed by atoms with Crippen LogP contribution >= 0.6 is 0 Å². The molecule has 30 heavy (non-hydrogen) atoms. The second-order valence-corrected chi connectivity index (χ2v) is 8.60. The number of carbonyl (C=O) groups excluding carboxylic acids is 3. The summed E-state index contributed by atoms with van der Waals surface area (Å²) in [7, 11) is 0. The van der Waals surface area contributed by atoms with Crippen molar-refractivity contribution in [2.24, 2.45) is 0 Å². The van der Waals surface area contributed by atoms with E-state index in [1.165, 1.54) is 30.3 Å². The average molecular weight is 416 g/mol. The predicted octanol–water partition coefficient (Wildman–Crippen LogP) is 2.81. The van der Waals surface area contributed by atoms with Gasteiger partial charge in [0.2, 0.25) is 0 Å². The quantitative estimate of drug-likeness (QED) is 0.430. The Kier molecular flexibility index (Phi) is 8.17. The first-order valence-electron chi connectivity index (χ1n) is 9.34. The van der Waals surface area contributed by atoms with Gasteiger partial charge in [0.15, 0.2) is 0 Å². The molecular weight excluding hydrogens is 388 g/mol. The van der Waals surface area contributed by atoms with E-state index >= 15 is 0 Å². The molecule has 0 atom stereocenters. The van der Waals surface area contributed by atoms with Crippen molar-refractivity contribution in [2.45, 2.75) is 52.7 Å². The molecule has 0 aromatic heterocycles. The van der Waals surface area contributed by atoms with Gasteiger partial charge >= 0.3 is 11.9 Å². The Morgan fingerprint density at radius 3 is 1.77 bits per heavy atom. The Hall–Kier alpha value is -3.34. The molecule has 1 aromatic carbocycles. The van der Waals surface area contributed by atoms with Gasteiger partial charge in [-0.15, -0.1) is 0 Å². The van der Waals surface area contributed by atoms with Crippen LogP contribution < -0.4 is 0 Å². The number of nitrogens with zero attached hydrogens (tertiary/aromatic N) is 2. The van der Waals surface area contributed by atoms with Gasteiger partial charge in [0, 0.05) is 0 Å². The first kappa shape index (κ1) is 24.7. The summed E-state index contributed by atoms with van der Waals surface area (Å²) in [5.41, 5.74) is -1.35. The lowest BCUT2D eigenvalue weighted by Gasteiger charge is -2.26. The highest BCUT2D eigenvalue weighted by Gasteiger charge is 2.28. The number of nitriles is 1. The van der Waals surface area contributed by atoms with E-state index in [0.29, 0.717) is 5.56 Å². The summed E-state index contributed by atoms with van der Waals surface area (Å²) in [6.45, 7) is 9.01. The molecule has 0 unspecified atom stereocenters. The highest BCUT2D eigenvalue weighted by molar-refractivity contribution is 6.03. The molecule has 162 valence electrons. The largest absolute Gasteiger partial charge is 0.508 e. The van der Waals surface area contributed by atoms with E-state index in [2.05, 4.69) is 0 Å². The summed E-state index contributed by atoms with van der Waals surface area (Å²) in [5, 5.41) is 18.8. The second-order valence-electron chi connectivity index (χ2n) is 8.60. The minimum atomic E-state index is -0.817. The second kappa shape index (κ2) is 9.92. The van der Waals surface area contributed by atoms with Gasteiger partial charge in [0.05, 0.1) is 0 Å². The van der Waals surface area contributed by atoms with Gasteiger partial charge in [-0.1, -0.05) is 12.1 Å². The van der Waals surface area contributed by atoms with Gasteiger partial charge in [0.25, 0.3) is 5.91 Å². The van der Waals surface area contributed by atoms with Crippen LogP contribution in [0, 0.1) is 11.3 Å². The summed E-state index contributed by atoms with van der Waals surface area (Å²) >= 11 is 0. The Morgan fingerprint density at radius 1 is 0.967 bits per heavy atom. The Morgan fingerprint density at radius 2 is 1.40 bits per heavy atom. The molecular formula is C22H28N2O6. The van der Waals surface area contributed by atoms with Crippen LogP contribution in [0.15, 0.2) is 29.8 Å². The Labute approximate surface area is 176 Å². The Balaban J connectivity index is 3.14. The van der Waals surface area contributed by atoms with Gasteiger partial charge in [0.1, 0.15) is 41.7 Å². The lowest BCUT2D eigenvalue weighted by atomic mass is 10.1. The fourth-order valence-electron chi connectivity index (χ4n) is 2.31. The van der Waals surface area contributed by atoms with Crippen molar-refractivity contribution in [1.29, 1.82) is 5.26 Å². The van der Waals surface area contributed by atoms with Gasteiger partial charge in [-0.05, 0) is 65.3 Å². The number of ether oxygens (including phenoxy) is 2. The summed E-state index contributed by atoms with van der Waals surface area (Å²) in [5.74, 6) is -2.22. The first-order valence-corrected chi connectivity index (χ1v) is 9.34. The third-order valence-corrected chi connectivity index (χ3v) is 3.32. The van der Waals surface area contributed by atoms with Crippen molar-refractivity contribution in [2.75, 3.05) is 13.1 Å². The molecule has 1 N–H and O–H groups in total. The summed E-state index contributed by atoms with van der Waals surface area (Å²) < 4.78 is 10.5. The van der Waals surface area contributed by atoms with Gasteiger partial charge in [-0.2, -0.15) is 5.26 Å². The number of phenols is 1. The van der Waals surface area contributed by atoms with E-state index < -0.39 is 42.1 Å². The number of rotatable bonds is 6. The van der Waals surface area contributed by atoms with Crippen molar-refractivity contribution in [3.05, 3.63) is 35.4 Å². The molecule has 0 radical (unpaired) electrons. The summed E-state index contributed by atoms with van der Waals surface area (Å²) in [6, 6.07) is 7.65. The highest BCUT2D eigenvalue weighted by Crippen LogP contribution is 2.15. The highest BCUT2D eigenvalue weighted by atomic mass is 16.6. The maximum absolute atomic E-state index is 12.9. The number of hydrogen-bond acceptors (Lipinski definition) is 7. The minimum Gasteiger partial charge on any atom is -0.508 e. The Bertz CT molecular complexity index is 822. The number of amides is 1. The maximum atomic E-state index is 12.9. The lowest BCUT2D eigenvalue weighted by Crippen LogP contribution is -2.43. The van der Waals surface area contributed by atoms with Crippen molar-refractivity contribution >= 4 is 23.9 Å². The normalized spacial score (nSPS) is 12.0. The molecule has 0 aliphatic heterocycles. The van der Waals surface area contributed by atoms with Crippen molar-refractivity contribution in [3.8, 4) is 11.8 Å². The molecule has 0 fully saturated rings. The third-order valence-electron chi connectivity index (χ3n) is 3.32. The van der Waals surface area contributed by atoms with Crippen molar-refractivity contribution in [3.63, 3.8) is 0 Å². The first-order chi connectivity index (χ1) is 13.7. The lowest BCUT2D eigenvalue weighted by molar-refractivity contribution is -0.163. The SMILES string of the molecule is CC(C)(C)OC(=O)CN(CC(=O)OC(C)(C)C)C(=O)/C(C#N)=C/c1ccc(O)cc1. The monoisotopic (exact) mass is 416 g/mol. The molecule has 0 bridgehead atoms. The van der Waals surface area contributed by atoms with Crippen LogP contribution in [0.1, 0.15) is 47.1 Å².